The Balaban J connectivity index is 2.03. The summed E-state index contributed by atoms with van der Waals surface area (Å²) in [5.74, 6) is 0. The summed E-state index contributed by atoms with van der Waals surface area (Å²) < 4.78 is 8.48. The van der Waals surface area contributed by atoms with E-state index in [1.807, 2.05) is 12.4 Å². The van der Waals surface area contributed by atoms with Crippen LogP contribution in [0.25, 0.3) is 11.0 Å². The van der Waals surface area contributed by atoms with Gasteiger partial charge in [0.2, 0.25) is 0 Å². The van der Waals surface area contributed by atoms with Crippen LogP contribution in [0.5, 0.6) is 0 Å². The predicted molar refractivity (Wildman–Crippen MR) is 86.3 cm³/mol. The Kier molecular flexibility index (Phi) is 3.81. The highest BCUT2D eigenvalue weighted by Crippen LogP contribution is 2.37. The Morgan fingerprint density at radius 2 is 1.95 bits per heavy atom. The molecule has 0 aliphatic heterocycles. The van der Waals surface area contributed by atoms with E-state index in [2.05, 4.69) is 26.0 Å². The first-order valence-electron chi connectivity index (χ1n) is 5.84. The minimum absolute atomic E-state index is 0.0890. The van der Waals surface area contributed by atoms with Crippen LogP contribution >= 0.6 is 46.3 Å². The number of anilines is 1. The van der Waals surface area contributed by atoms with Gasteiger partial charge in [-0.2, -0.15) is 8.75 Å². The fourth-order valence-electron chi connectivity index (χ4n) is 2.02. The Morgan fingerprint density at radius 3 is 2.65 bits per heavy atom. The number of aromatic nitrogens is 3. The monoisotopic (exact) mass is 344 g/mol. The summed E-state index contributed by atoms with van der Waals surface area (Å²) in [4.78, 5) is 5.44. The van der Waals surface area contributed by atoms with Gasteiger partial charge in [0.05, 0.1) is 44.7 Å². The first kappa shape index (κ1) is 14.0. The van der Waals surface area contributed by atoms with Crippen molar-refractivity contribution >= 4 is 63.0 Å². The van der Waals surface area contributed by atoms with Crippen molar-refractivity contribution in [3.63, 3.8) is 0 Å². The van der Waals surface area contributed by atoms with Crippen LogP contribution in [-0.4, -0.2) is 13.7 Å². The Labute approximate surface area is 134 Å². The number of hydrogen-bond donors (Lipinski definition) is 1. The highest BCUT2D eigenvalue weighted by Gasteiger charge is 2.18. The minimum Gasteiger partial charge on any atom is -0.375 e. The molecular formula is C12H10Cl2N4S2. The molecule has 2 aromatic heterocycles. The smallest absolute Gasteiger partial charge is 0.130 e. The Hall–Kier alpha value is -0.950. The molecule has 1 N–H and O–H groups in total. The van der Waals surface area contributed by atoms with Crippen molar-refractivity contribution in [2.24, 2.45) is 0 Å². The SMILES string of the molecule is Cc1ncsc1C(C)Nc1c(Cl)cc(Cl)c2nsnc12. The fraction of sp³-hybridized carbons (Fsp3) is 0.250. The van der Waals surface area contributed by atoms with E-state index >= 15 is 0 Å². The van der Waals surface area contributed by atoms with Crippen molar-refractivity contribution in [2.45, 2.75) is 19.9 Å². The standard InChI is InChI=1S/C12H10Cl2N4S2/c1-5-12(19-4-15-5)6(2)16-9-7(13)3-8(14)10-11(9)18-20-17-10/h3-4,6,16H,1-2H3. The number of nitrogens with zero attached hydrogens (tertiary/aromatic N) is 3. The molecule has 3 rings (SSSR count). The Bertz CT molecular complexity index is 768. The normalized spacial score (nSPS) is 12.8. The maximum absolute atomic E-state index is 6.29. The van der Waals surface area contributed by atoms with Gasteiger partial charge in [-0.15, -0.1) is 11.3 Å². The molecule has 1 unspecified atom stereocenters. The molecular weight excluding hydrogens is 335 g/mol. The number of nitrogens with one attached hydrogen (secondary N) is 1. The molecule has 0 spiro atoms. The number of rotatable bonds is 3. The molecule has 0 aliphatic carbocycles. The van der Waals surface area contributed by atoms with Crippen molar-refractivity contribution in [3.05, 3.63) is 32.2 Å². The van der Waals surface area contributed by atoms with Crippen molar-refractivity contribution in [2.75, 3.05) is 5.32 Å². The second-order valence-corrected chi connectivity index (χ2v) is 6.57. The molecule has 1 aromatic carbocycles. The summed E-state index contributed by atoms with van der Waals surface area (Å²) in [5, 5.41) is 4.46. The van der Waals surface area contributed by atoms with Gasteiger partial charge in [0.15, 0.2) is 0 Å². The number of fused-ring (bicyclic) bond motifs is 1. The van der Waals surface area contributed by atoms with Gasteiger partial charge in [0, 0.05) is 4.88 Å². The highest BCUT2D eigenvalue weighted by molar-refractivity contribution is 7.09. The van der Waals surface area contributed by atoms with Crippen molar-refractivity contribution in [3.8, 4) is 0 Å². The average molecular weight is 345 g/mol. The van der Waals surface area contributed by atoms with Crippen LogP contribution in [0.3, 0.4) is 0 Å². The molecule has 0 aliphatic rings. The minimum atomic E-state index is 0.0890. The fourth-order valence-corrected chi connectivity index (χ4v) is 4.00. The van der Waals surface area contributed by atoms with Gasteiger partial charge in [-0.25, -0.2) is 4.98 Å². The van der Waals surface area contributed by atoms with Gasteiger partial charge in [-0.05, 0) is 19.9 Å². The maximum atomic E-state index is 6.29. The number of thiazole rings is 1. The highest BCUT2D eigenvalue weighted by atomic mass is 35.5. The quantitative estimate of drug-likeness (QED) is 0.731. The predicted octanol–water partition coefficient (Wildman–Crippen LogP) is 4.94. The second kappa shape index (κ2) is 5.44. The molecule has 0 amide bonds. The lowest BCUT2D eigenvalue weighted by Gasteiger charge is -2.16. The molecule has 0 radical (unpaired) electrons. The third-order valence-electron chi connectivity index (χ3n) is 2.98. The molecule has 3 aromatic rings. The second-order valence-electron chi connectivity index (χ2n) is 4.34. The summed E-state index contributed by atoms with van der Waals surface area (Å²) in [5.41, 5.74) is 5.01. The molecule has 8 heteroatoms. The maximum Gasteiger partial charge on any atom is 0.130 e. The molecule has 4 nitrogen and oxygen atoms in total. The van der Waals surface area contributed by atoms with Crippen molar-refractivity contribution in [1.29, 1.82) is 0 Å². The number of hydrogen-bond acceptors (Lipinski definition) is 6. The van der Waals surface area contributed by atoms with E-state index in [1.54, 1.807) is 17.4 Å². The molecule has 0 bridgehead atoms. The van der Waals surface area contributed by atoms with Gasteiger partial charge < -0.3 is 5.32 Å². The number of benzene rings is 1. The first-order valence-corrected chi connectivity index (χ1v) is 8.21. The largest absolute Gasteiger partial charge is 0.375 e. The topological polar surface area (TPSA) is 50.7 Å². The van der Waals surface area contributed by atoms with Gasteiger partial charge in [-0.1, -0.05) is 23.2 Å². The lowest BCUT2D eigenvalue weighted by Crippen LogP contribution is -2.07. The van der Waals surface area contributed by atoms with Gasteiger partial charge in [-0.3, -0.25) is 0 Å². The lowest BCUT2D eigenvalue weighted by molar-refractivity contribution is 0.892. The van der Waals surface area contributed by atoms with Crippen LogP contribution in [0.1, 0.15) is 23.5 Å². The summed E-state index contributed by atoms with van der Waals surface area (Å²) in [6, 6.07) is 1.78. The zero-order valence-electron chi connectivity index (χ0n) is 10.6. The van der Waals surface area contributed by atoms with E-state index in [1.165, 1.54) is 4.88 Å². The molecule has 104 valence electrons. The van der Waals surface area contributed by atoms with Crippen LogP contribution in [-0.2, 0) is 0 Å². The van der Waals surface area contributed by atoms with E-state index in [4.69, 9.17) is 23.2 Å². The number of aryl methyl sites for hydroxylation is 1. The van der Waals surface area contributed by atoms with Gasteiger partial charge in [0.25, 0.3) is 0 Å². The zero-order chi connectivity index (χ0) is 14.3. The van der Waals surface area contributed by atoms with Crippen LogP contribution < -0.4 is 5.32 Å². The molecule has 0 saturated carbocycles. The number of halogens is 2. The van der Waals surface area contributed by atoms with Crippen LogP contribution in [0.4, 0.5) is 5.69 Å². The van der Waals surface area contributed by atoms with E-state index in [9.17, 15) is 0 Å². The summed E-state index contributed by atoms with van der Waals surface area (Å²) in [6.45, 7) is 4.06. The Morgan fingerprint density at radius 1 is 1.20 bits per heavy atom. The van der Waals surface area contributed by atoms with Crippen LogP contribution in [0.15, 0.2) is 11.6 Å². The molecule has 1 atom stereocenters. The van der Waals surface area contributed by atoms with E-state index < -0.39 is 0 Å². The average Bonchev–Trinajstić information content (AvgIpc) is 3.02. The third-order valence-corrected chi connectivity index (χ3v) is 5.21. The van der Waals surface area contributed by atoms with E-state index in [0.717, 1.165) is 23.1 Å². The van der Waals surface area contributed by atoms with E-state index in [0.29, 0.717) is 21.1 Å². The van der Waals surface area contributed by atoms with Gasteiger partial charge >= 0.3 is 0 Å². The first-order chi connectivity index (χ1) is 9.58. The van der Waals surface area contributed by atoms with E-state index in [-0.39, 0.29) is 6.04 Å². The molecule has 0 saturated heterocycles. The lowest BCUT2D eigenvalue weighted by atomic mass is 10.2. The molecule has 2 heterocycles. The van der Waals surface area contributed by atoms with Gasteiger partial charge in [0.1, 0.15) is 11.0 Å². The van der Waals surface area contributed by atoms with Crippen molar-refractivity contribution < 1.29 is 0 Å². The molecule has 0 fully saturated rings. The summed E-state index contributed by atoms with van der Waals surface area (Å²) >= 11 is 15.2. The van der Waals surface area contributed by atoms with Crippen LogP contribution in [0.2, 0.25) is 10.0 Å². The molecule has 20 heavy (non-hydrogen) atoms. The third kappa shape index (κ3) is 2.37. The summed E-state index contributed by atoms with van der Waals surface area (Å²) in [7, 11) is 0. The van der Waals surface area contributed by atoms with Crippen LogP contribution in [0, 0.1) is 6.92 Å². The van der Waals surface area contributed by atoms with Crippen molar-refractivity contribution in [1.82, 2.24) is 13.7 Å². The summed E-state index contributed by atoms with van der Waals surface area (Å²) in [6.07, 6.45) is 0. The zero-order valence-corrected chi connectivity index (χ0v) is 13.8.